The molecule has 0 spiro atoms. The van der Waals surface area contributed by atoms with Crippen molar-refractivity contribution < 1.29 is 9.53 Å². The maximum absolute atomic E-state index is 11.5. The Morgan fingerprint density at radius 2 is 2.24 bits per heavy atom. The number of carbonyl (C=O) groups is 1. The van der Waals surface area contributed by atoms with Gasteiger partial charge in [0, 0.05) is 5.75 Å². The smallest absolute Gasteiger partial charge is 0.323 e. The van der Waals surface area contributed by atoms with Gasteiger partial charge in [-0.1, -0.05) is 34.9 Å². The molecule has 0 saturated heterocycles. The number of nitrogens with zero attached hydrogens (tertiary/aromatic N) is 2. The fourth-order valence-electron chi connectivity index (χ4n) is 1.00. The summed E-state index contributed by atoms with van der Waals surface area (Å²) in [6, 6.07) is -0.304. The van der Waals surface area contributed by atoms with Gasteiger partial charge in [-0.2, -0.15) is 0 Å². The molecule has 0 aromatic carbocycles. The van der Waals surface area contributed by atoms with E-state index in [1.807, 2.05) is 6.26 Å². The van der Waals surface area contributed by atoms with Crippen molar-refractivity contribution in [3.05, 3.63) is 0 Å². The van der Waals surface area contributed by atoms with Crippen LogP contribution in [0, 0.1) is 0 Å². The first-order valence-electron chi connectivity index (χ1n) is 5.05. The summed E-state index contributed by atoms with van der Waals surface area (Å²) in [5.41, 5.74) is 0. The van der Waals surface area contributed by atoms with E-state index in [1.165, 1.54) is 23.1 Å². The van der Waals surface area contributed by atoms with Crippen LogP contribution >= 0.6 is 34.9 Å². The lowest BCUT2D eigenvalue weighted by Crippen LogP contribution is -2.37. The van der Waals surface area contributed by atoms with Gasteiger partial charge >= 0.3 is 5.97 Å². The van der Waals surface area contributed by atoms with Crippen molar-refractivity contribution in [2.24, 2.45) is 0 Å². The second kappa shape index (κ2) is 7.91. The molecule has 1 rings (SSSR count). The van der Waals surface area contributed by atoms with Crippen molar-refractivity contribution in [3.63, 3.8) is 0 Å². The number of likely N-dealkylation sites (N-methyl/N-ethyl adjacent to an activating group) is 1. The molecule has 1 atom stereocenters. The van der Waals surface area contributed by atoms with Crippen LogP contribution in [0.15, 0.2) is 8.68 Å². The summed E-state index contributed by atoms with van der Waals surface area (Å²) in [7, 11) is 1.75. The van der Waals surface area contributed by atoms with E-state index in [4.69, 9.17) is 4.74 Å². The minimum atomic E-state index is -0.304. The van der Waals surface area contributed by atoms with Crippen LogP contribution in [0.3, 0.4) is 0 Å². The molecule has 1 unspecified atom stereocenters. The van der Waals surface area contributed by atoms with Gasteiger partial charge < -0.3 is 10.1 Å². The highest BCUT2D eigenvalue weighted by atomic mass is 32.2. The number of hydrogen-bond acceptors (Lipinski definition) is 8. The molecule has 1 N–H and O–H groups in total. The largest absolute Gasteiger partial charge is 0.465 e. The second-order valence-electron chi connectivity index (χ2n) is 2.94. The summed E-state index contributed by atoms with van der Waals surface area (Å²) in [6.07, 6.45) is 1.96. The Morgan fingerprint density at radius 1 is 1.53 bits per heavy atom. The minimum absolute atomic E-state index is 0.225. The predicted octanol–water partition coefficient (Wildman–Crippen LogP) is 1.50. The molecule has 0 aliphatic heterocycles. The fraction of sp³-hybridized carbons (Fsp3) is 0.667. The van der Waals surface area contributed by atoms with E-state index in [1.54, 1.807) is 25.7 Å². The van der Waals surface area contributed by atoms with E-state index < -0.39 is 0 Å². The third-order valence-corrected chi connectivity index (χ3v) is 4.98. The molecule has 1 aromatic heterocycles. The van der Waals surface area contributed by atoms with Crippen molar-refractivity contribution in [1.29, 1.82) is 0 Å². The average Bonchev–Trinajstić information content (AvgIpc) is 2.78. The summed E-state index contributed by atoms with van der Waals surface area (Å²) in [6.45, 7) is 2.20. The van der Waals surface area contributed by atoms with Crippen LogP contribution in [-0.2, 0) is 9.53 Å². The summed E-state index contributed by atoms with van der Waals surface area (Å²) < 4.78 is 6.77. The van der Waals surface area contributed by atoms with Gasteiger partial charge in [0.15, 0.2) is 8.68 Å². The van der Waals surface area contributed by atoms with Crippen LogP contribution in [0.25, 0.3) is 0 Å². The Balaban J connectivity index is 2.44. The number of aromatic nitrogens is 2. The number of ether oxygens (including phenoxy) is 1. The van der Waals surface area contributed by atoms with Gasteiger partial charge in [0.05, 0.1) is 6.61 Å². The monoisotopic (exact) mass is 293 g/mol. The molecular formula is C9H15N3O2S3. The van der Waals surface area contributed by atoms with Gasteiger partial charge in [0.1, 0.15) is 6.04 Å². The van der Waals surface area contributed by atoms with Crippen molar-refractivity contribution in [3.8, 4) is 0 Å². The Hall–Kier alpha value is -0.310. The molecular weight excluding hydrogens is 278 g/mol. The highest BCUT2D eigenvalue weighted by Gasteiger charge is 2.18. The number of rotatable bonds is 7. The molecule has 0 radical (unpaired) electrons. The molecule has 0 saturated carbocycles. The van der Waals surface area contributed by atoms with Crippen molar-refractivity contribution in [2.45, 2.75) is 21.6 Å². The molecule has 5 nitrogen and oxygen atoms in total. The normalized spacial score (nSPS) is 12.4. The SMILES string of the molecule is CCOC(=O)C(CSc1nnc(SC)s1)NC. The van der Waals surface area contributed by atoms with Crippen LogP contribution in [-0.4, -0.2) is 47.9 Å². The number of nitrogens with one attached hydrogen (secondary N) is 1. The summed E-state index contributed by atoms with van der Waals surface area (Å²) >= 11 is 4.61. The van der Waals surface area contributed by atoms with Crippen LogP contribution in [0.1, 0.15) is 6.92 Å². The average molecular weight is 293 g/mol. The molecule has 0 bridgehead atoms. The van der Waals surface area contributed by atoms with Gasteiger partial charge in [-0.15, -0.1) is 10.2 Å². The lowest BCUT2D eigenvalue weighted by molar-refractivity contribution is -0.144. The Bertz CT molecular complexity index is 359. The van der Waals surface area contributed by atoms with Crippen LogP contribution in [0.4, 0.5) is 0 Å². The van der Waals surface area contributed by atoms with E-state index in [2.05, 4.69) is 15.5 Å². The number of thioether (sulfide) groups is 2. The Morgan fingerprint density at radius 3 is 2.76 bits per heavy atom. The van der Waals surface area contributed by atoms with Gasteiger partial charge in [0.2, 0.25) is 0 Å². The standard InChI is InChI=1S/C9H15N3O2S3/c1-4-14-7(13)6(10-2)5-16-9-12-11-8(15-3)17-9/h6,10H,4-5H2,1-3H3. The molecule has 0 amide bonds. The first-order chi connectivity index (χ1) is 8.21. The highest BCUT2D eigenvalue weighted by molar-refractivity contribution is 8.03. The van der Waals surface area contributed by atoms with Gasteiger partial charge in [-0.3, -0.25) is 4.79 Å². The molecule has 96 valence electrons. The van der Waals surface area contributed by atoms with Crippen molar-refractivity contribution >= 4 is 40.8 Å². The van der Waals surface area contributed by atoms with E-state index in [0.717, 1.165) is 8.68 Å². The van der Waals surface area contributed by atoms with Crippen LogP contribution in [0.5, 0.6) is 0 Å². The zero-order valence-electron chi connectivity index (χ0n) is 9.93. The summed E-state index contributed by atoms with van der Waals surface area (Å²) in [5, 5.41) is 11.0. The topological polar surface area (TPSA) is 64.1 Å². The molecule has 0 fully saturated rings. The third-order valence-electron chi connectivity index (χ3n) is 1.86. The maximum atomic E-state index is 11.5. The molecule has 8 heteroatoms. The van der Waals surface area contributed by atoms with E-state index >= 15 is 0 Å². The second-order valence-corrected chi connectivity index (χ2v) is 6.24. The first-order valence-corrected chi connectivity index (χ1v) is 8.08. The number of esters is 1. The zero-order chi connectivity index (χ0) is 12.7. The van der Waals surface area contributed by atoms with E-state index in [-0.39, 0.29) is 12.0 Å². The highest BCUT2D eigenvalue weighted by Crippen LogP contribution is 2.27. The lowest BCUT2D eigenvalue weighted by Gasteiger charge is -2.12. The van der Waals surface area contributed by atoms with Crippen LogP contribution in [0.2, 0.25) is 0 Å². The summed E-state index contributed by atoms with van der Waals surface area (Å²) in [4.78, 5) is 11.5. The first kappa shape index (κ1) is 14.7. The van der Waals surface area contributed by atoms with Gasteiger partial charge in [-0.25, -0.2) is 0 Å². The Labute approximate surface area is 113 Å². The third kappa shape index (κ3) is 4.82. The van der Waals surface area contributed by atoms with Crippen molar-refractivity contribution in [2.75, 3.05) is 25.7 Å². The van der Waals surface area contributed by atoms with E-state index in [9.17, 15) is 4.79 Å². The molecule has 0 aliphatic carbocycles. The molecule has 17 heavy (non-hydrogen) atoms. The minimum Gasteiger partial charge on any atom is -0.465 e. The Kier molecular flexibility index (Phi) is 6.86. The van der Waals surface area contributed by atoms with E-state index in [0.29, 0.717) is 12.4 Å². The quantitative estimate of drug-likeness (QED) is 0.604. The zero-order valence-corrected chi connectivity index (χ0v) is 12.4. The molecule has 0 aliphatic rings. The predicted molar refractivity (Wildman–Crippen MR) is 71.9 cm³/mol. The molecule has 1 aromatic rings. The van der Waals surface area contributed by atoms with Crippen LogP contribution < -0.4 is 5.32 Å². The number of hydrogen-bond donors (Lipinski definition) is 1. The van der Waals surface area contributed by atoms with Gasteiger partial charge in [-0.05, 0) is 20.2 Å². The van der Waals surface area contributed by atoms with Crippen molar-refractivity contribution in [1.82, 2.24) is 15.5 Å². The summed E-state index contributed by atoms with van der Waals surface area (Å²) in [5.74, 6) is 0.371. The maximum Gasteiger partial charge on any atom is 0.323 e. The molecule has 1 heterocycles. The lowest BCUT2D eigenvalue weighted by atomic mass is 10.3. The fourth-order valence-corrected chi connectivity index (χ4v) is 3.56. The van der Waals surface area contributed by atoms with Gasteiger partial charge in [0.25, 0.3) is 0 Å². The number of carbonyl (C=O) groups excluding carboxylic acids is 1.